The molecular weight excluding hydrogens is 118 g/mol. The van der Waals surface area contributed by atoms with Gasteiger partial charge < -0.3 is 0 Å². The first-order chi connectivity index (χ1) is 1.41. The van der Waals surface area contributed by atoms with Crippen molar-refractivity contribution in [3.8, 4) is 0 Å². The Kier molecular flexibility index (Phi) is 21.3. The van der Waals surface area contributed by atoms with Crippen LogP contribution >= 0.6 is 11.6 Å². The van der Waals surface area contributed by atoms with E-state index in [-0.39, 0.29) is 16.5 Å². The minimum absolute atomic E-state index is 0. The third-order valence-electron chi connectivity index (χ3n) is 0. The van der Waals surface area contributed by atoms with Crippen LogP contribution in [0.15, 0.2) is 12.1 Å². The van der Waals surface area contributed by atoms with Crippen LogP contribution in [-0.2, 0) is 16.5 Å². The van der Waals surface area contributed by atoms with Crippen LogP contribution in [0, 0.1) is 0 Å². The van der Waals surface area contributed by atoms with Crippen molar-refractivity contribution in [1.82, 2.24) is 0 Å². The second kappa shape index (κ2) is 9.67. The molecule has 28 valence electrons. The first-order valence-corrected chi connectivity index (χ1v) is 1.06. The summed E-state index contributed by atoms with van der Waals surface area (Å²) in [5.74, 6) is 0. The van der Waals surface area contributed by atoms with Crippen LogP contribution in [0.1, 0.15) is 0 Å². The van der Waals surface area contributed by atoms with Crippen molar-refractivity contribution < 1.29 is 16.5 Å². The van der Waals surface area contributed by atoms with Crippen LogP contribution in [-0.4, -0.2) is 0 Å². The monoisotopic (exact) mass is 120 g/mol. The molecule has 0 radical (unpaired) electrons. The largest absolute Gasteiger partial charge is 0.0936 e. The second-order valence-corrected chi connectivity index (χ2v) is 0.463. The van der Waals surface area contributed by atoms with Gasteiger partial charge in [0.05, 0.1) is 0 Å². The molecular formula is C2H3ClNi. The van der Waals surface area contributed by atoms with E-state index in [2.05, 4.69) is 6.58 Å². The van der Waals surface area contributed by atoms with Crippen LogP contribution in [0.3, 0.4) is 0 Å². The topological polar surface area (TPSA) is 0 Å². The van der Waals surface area contributed by atoms with Crippen LogP contribution in [0.25, 0.3) is 0 Å². The first-order valence-electron chi connectivity index (χ1n) is 0.626. The van der Waals surface area contributed by atoms with E-state index in [1.165, 1.54) is 5.54 Å². The fourth-order valence-corrected chi connectivity index (χ4v) is 0. The molecule has 0 aliphatic rings. The van der Waals surface area contributed by atoms with Gasteiger partial charge in [0.1, 0.15) is 0 Å². The summed E-state index contributed by atoms with van der Waals surface area (Å²) >= 11 is 4.76. The summed E-state index contributed by atoms with van der Waals surface area (Å²) < 4.78 is 0. The van der Waals surface area contributed by atoms with Gasteiger partial charge in [-0.15, -0.1) is 0 Å². The minimum atomic E-state index is 0. The van der Waals surface area contributed by atoms with E-state index >= 15 is 0 Å². The quantitative estimate of drug-likeness (QED) is 0.424. The maximum atomic E-state index is 4.76. The molecule has 0 atom stereocenters. The summed E-state index contributed by atoms with van der Waals surface area (Å²) in [6.07, 6.45) is 0. The molecule has 4 heavy (non-hydrogen) atoms. The van der Waals surface area contributed by atoms with E-state index in [1.54, 1.807) is 0 Å². The number of halogens is 1. The zero-order chi connectivity index (χ0) is 2.71. The number of rotatable bonds is 0. The molecule has 0 nitrogen and oxygen atoms in total. The van der Waals surface area contributed by atoms with Crippen molar-refractivity contribution in [3.05, 3.63) is 12.1 Å². The van der Waals surface area contributed by atoms with Gasteiger partial charge in [-0.05, 0) is 5.54 Å². The normalized spacial score (nSPS) is 3.25. The van der Waals surface area contributed by atoms with E-state index < -0.39 is 0 Å². The standard InChI is InChI=1S/C2H3Cl.Ni/c1-2-3;/h2H,1H2;. The molecule has 0 heterocycles. The molecule has 0 aromatic carbocycles. The van der Waals surface area contributed by atoms with Crippen LogP contribution in [0.2, 0.25) is 0 Å². The van der Waals surface area contributed by atoms with Gasteiger partial charge in [0.25, 0.3) is 0 Å². The Balaban J connectivity index is 0. The Morgan fingerprint density at radius 3 is 1.75 bits per heavy atom. The fourth-order valence-electron chi connectivity index (χ4n) is 0. The predicted molar refractivity (Wildman–Crippen MR) is 16.1 cm³/mol. The molecule has 0 saturated heterocycles. The first kappa shape index (κ1) is 8.82. The third-order valence-corrected chi connectivity index (χ3v) is 0. The minimum Gasteiger partial charge on any atom is -0.0936 e. The van der Waals surface area contributed by atoms with E-state index in [9.17, 15) is 0 Å². The van der Waals surface area contributed by atoms with Crippen molar-refractivity contribution in [3.63, 3.8) is 0 Å². The van der Waals surface area contributed by atoms with Crippen molar-refractivity contribution >= 4 is 11.6 Å². The van der Waals surface area contributed by atoms with E-state index in [4.69, 9.17) is 11.6 Å². The summed E-state index contributed by atoms with van der Waals surface area (Å²) in [4.78, 5) is 0. The van der Waals surface area contributed by atoms with E-state index in [0.29, 0.717) is 0 Å². The molecule has 0 spiro atoms. The van der Waals surface area contributed by atoms with Crippen molar-refractivity contribution in [2.75, 3.05) is 0 Å². The van der Waals surface area contributed by atoms with Crippen molar-refractivity contribution in [2.45, 2.75) is 0 Å². The maximum absolute atomic E-state index is 4.76. The van der Waals surface area contributed by atoms with Gasteiger partial charge >= 0.3 is 0 Å². The molecule has 0 fully saturated rings. The van der Waals surface area contributed by atoms with Gasteiger partial charge in [-0.2, -0.15) is 0 Å². The molecule has 2 heteroatoms. The summed E-state index contributed by atoms with van der Waals surface area (Å²) in [6.45, 7) is 3.13. The Bertz CT molecular complexity index is 13.5. The third kappa shape index (κ3) is 21.4. The Labute approximate surface area is 40.8 Å². The zero-order valence-corrected chi connectivity index (χ0v) is 3.72. The van der Waals surface area contributed by atoms with Crippen LogP contribution < -0.4 is 0 Å². The smallest absolute Gasteiger partial charge is 0 e. The van der Waals surface area contributed by atoms with Gasteiger partial charge in [-0.25, -0.2) is 0 Å². The number of hydrogen-bond donors (Lipinski definition) is 0. The molecule has 0 aliphatic carbocycles. The van der Waals surface area contributed by atoms with Crippen LogP contribution in [0.4, 0.5) is 0 Å². The number of hydrogen-bond acceptors (Lipinski definition) is 0. The second-order valence-electron chi connectivity index (χ2n) is 0.154. The van der Waals surface area contributed by atoms with Gasteiger partial charge in [-0.3, -0.25) is 0 Å². The van der Waals surface area contributed by atoms with E-state index in [0.717, 1.165) is 0 Å². The molecule has 0 aromatic rings. The zero-order valence-electron chi connectivity index (χ0n) is 1.98. The molecule has 0 saturated carbocycles. The molecule has 0 aliphatic heterocycles. The molecule has 0 rings (SSSR count). The van der Waals surface area contributed by atoms with Gasteiger partial charge in [0.15, 0.2) is 0 Å². The Morgan fingerprint density at radius 1 is 1.75 bits per heavy atom. The average Bonchev–Trinajstić information content (AvgIpc) is 0.918. The van der Waals surface area contributed by atoms with Crippen molar-refractivity contribution in [2.24, 2.45) is 0 Å². The maximum Gasteiger partial charge on any atom is 0 e. The SMILES string of the molecule is C=CCl.[Ni]. The van der Waals surface area contributed by atoms with E-state index in [1.807, 2.05) is 0 Å². The fraction of sp³-hybridized carbons (Fsp3) is 0. The molecule has 0 aromatic heterocycles. The van der Waals surface area contributed by atoms with Gasteiger partial charge in [-0.1, -0.05) is 18.2 Å². The average molecular weight is 121 g/mol. The van der Waals surface area contributed by atoms with Crippen LogP contribution in [0.5, 0.6) is 0 Å². The Morgan fingerprint density at radius 2 is 1.75 bits per heavy atom. The van der Waals surface area contributed by atoms with Gasteiger partial charge in [0.2, 0.25) is 0 Å². The summed E-state index contributed by atoms with van der Waals surface area (Å²) in [5.41, 5.74) is 1.22. The summed E-state index contributed by atoms with van der Waals surface area (Å²) in [6, 6.07) is 0. The molecule has 0 N–H and O–H groups in total. The molecule has 0 bridgehead atoms. The summed E-state index contributed by atoms with van der Waals surface area (Å²) in [5, 5.41) is 0. The van der Waals surface area contributed by atoms with Gasteiger partial charge in [0, 0.05) is 16.5 Å². The Hall–Kier alpha value is 0.524. The van der Waals surface area contributed by atoms with Crippen molar-refractivity contribution in [1.29, 1.82) is 0 Å². The summed E-state index contributed by atoms with van der Waals surface area (Å²) in [7, 11) is 0. The predicted octanol–water partition coefficient (Wildman–Crippen LogP) is 1.37. The molecule has 0 unspecified atom stereocenters. The molecule has 0 amide bonds.